The van der Waals surface area contributed by atoms with Crippen LogP contribution in [0.4, 0.5) is 0 Å². The van der Waals surface area contributed by atoms with Gasteiger partial charge in [-0.05, 0) is 69.3 Å². The Kier molecular flexibility index (Phi) is 7.67. The monoisotopic (exact) mass is 502 g/mol. The second-order valence-corrected chi connectivity index (χ2v) is 10.0. The van der Waals surface area contributed by atoms with Gasteiger partial charge in [-0.15, -0.1) is 0 Å². The van der Waals surface area contributed by atoms with E-state index in [1.54, 1.807) is 35.4 Å². The average Bonchev–Trinajstić information content (AvgIpc) is 3.70. The lowest BCUT2D eigenvalue weighted by molar-refractivity contribution is 0.0715. The Morgan fingerprint density at radius 3 is 2.68 bits per heavy atom. The Hall–Kier alpha value is -3.49. The van der Waals surface area contributed by atoms with Gasteiger partial charge in [0.15, 0.2) is 0 Å². The van der Waals surface area contributed by atoms with Crippen molar-refractivity contribution < 1.29 is 19.1 Å². The van der Waals surface area contributed by atoms with Crippen LogP contribution in [0.15, 0.2) is 65.3 Å². The van der Waals surface area contributed by atoms with E-state index in [1.165, 1.54) is 0 Å². The van der Waals surface area contributed by atoms with Crippen LogP contribution in [0, 0.1) is 6.92 Å². The molecule has 0 radical (unpaired) electrons. The largest absolute Gasteiger partial charge is 0.446 e. The Morgan fingerprint density at radius 1 is 1.14 bits per heavy atom. The third-order valence-corrected chi connectivity index (χ3v) is 7.35. The van der Waals surface area contributed by atoms with Crippen molar-refractivity contribution in [2.75, 3.05) is 13.1 Å². The van der Waals surface area contributed by atoms with Crippen molar-refractivity contribution in [1.29, 1.82) is 0 Å². The molecule has 3 heterocycles. The first-order chi connectivity index (χ1) is 18.0. The normalized spacial score (nSPS) is 21.1. The van der Waals surface area contributed by atoms with Crippen LogP contribution < -0.4 is 10.6 Å². The van der Waals surface area contributed by atoms with Crippen LogP contribution in [0.1, 0.15) is 69.6 Å². The summed E-state index contributed by atoms with van der Waals surface area (Å²) in [6.45, 7) is 3.34. The van der Waals surface area contributed by atoms with Crippen LogP contribution >= 0.6 is 0 Å². The summed E-state index contributed by atoms with van der Waals surface area (Å²) >= 11 is 0. The number of oxazole rings is 1. The second-order valence-electron chi connectivity index (χ2n) is 10.0. The number of likely N-dealkylation sites (tertiary alicyclic amines) is 1. The molecule has 3 N–H and O–H groups in total. The van der Waals surface area contributed by atoms with Gasteiger partial charge in [0.2, 0.25) is 5.89 Å². The van der Waals surface area contributed by atoms with E-state index in [9.17, 15) is 14.7 Å². The molecule has 5 rings (SSSR count). The van der Waals surface area contributed by atoms with Crippen LogP contribution in [0.25, 0.3) is 0 Å². The first-order valence-corrected chi connectivity index (χ1v) is 13.1. The third-order valence-electron chi connectivity index (χ3n) is 7.35. The van der Waals surface area contributed by atoms with Crippen LogP contribution in [0.3, 0.4) is 0 Å². The number of hydrogen-bond donors (Lipinski definition) is 3. The molecule has 8 heteroatoms. The molecule has 8 nitrogen and oxygen atoms in total. The molecule has 2 aliphatic heterocycles. The van der Waals surface area contributed by atoms with E-state index in [2.05, 4.69) is 15.6 Å². The molecular weight excluding hydrogens is 468 g/mol. The topological polar surface area (TPSA) is 108 Å². The van der Waals surface area contributed by atoms with Gasteiger partial charge in [0.25, 0.3) is 11.8 Å². The minimum atomic E-state index is -0.730. The van der Waals surface area contributed by atoms with E-state index in [4.69, 9.17) is 4.42 Å². The molecule has 0 unspecified atom stereocenters. The van der Waals surface area contributed by atoms with Crippen molar-refractivity contribution >= 4 is 11.8 Å². The lowest BCUT2D eigenvalue weighted by atomic mass is 9.95. The highest BCUT2D eigenvalue weighted by molar-refractivity contribution is 6.00. The van der Waals surface area contributed by atoms with E-state index in [1.807, 2.05) is 37.3 Å². The van der Waals surface area contributed by atoms with Gasteiger partial charge >= 0.3 is 0 Å². The van der Waals surface area contributed by atoms with Crippen LogP contribution in [-0.4, -0.2) is 58.1 Å². The number of hydrogen-bond acceptors (Lipinski definition) is 6. The fourth-order valence-electron chi connectivity index (χ4n) is 5.41. The molecule has 2 saturated heterocycles. The molecule has 0 saturated carbocycles. The summed E-state index contributed by atoms with van der Waals surface area (Å²) in [5.41, 5.74) is 2.65. The number of carbonyl (C=O) groups is 2. The van der Waals surface area contributed by atoms with Crippen molar-refractivity contribution in [3.8, 4) is 0 Å². The number of aryl methyl sites for hydroxylation is 1. The molecule has 2 aromatic carbocycles. The summed E-state index contributed by atoms with van der Waals surface area (Å²) in [4.78, 5) is 33.0. The number of rotatable bonds is 8. The number of aliphatic hydroxyl groups excluding tert-OH is 1. The molecule has 0 bridgehead atoms. The Balaban J connectivity index is 1.32. The fourth-order valence-corrected chi connectivity index (χ4v) is 5.41. The highest BCUT2D eigenvalue weighted by Crippen LogP contribution is 2.32. The Bertz CT molecular complexity index is 1220. The Labute approximate surface area is 217 Å². The van der Waals surface area contributed by atoms with E-state index in [0.29, 0.717) is 30.0 Å². The maximum atomic E-state index is 13.4. The molecule has 3 aromatic rings. The van der Waals surface area contributed by atoms with Gasteiger partial charge < -0.3 is 25.1 Å². The molecule has 2 fully saturated rings. The van der Waals surface area contributed by atoms with Crippen LogP contribution in [0.2, 0.25) is 0 Å². The van der Waals surface area contributed by atoms with E-state index in [0.717, 1.165) is 43.5 Å². The number of aliphatic hydroxyl groups is 1. The van der Waals surface area contributed by atoms with Gasteiger partial charge in [-0.3, -0.25) is 9.59 Å². The van der Waals surface area contributed by atoms with Gasteiger partial charge in [0.05, 0.1) is 17.8 Å². The average molecular weight is 503 g/mol. The van der Waals surface area contributed by atoms with E-state index >= 15 is 0 Å². The van der Waals surface area contributed by atoms with Gasteiger partial charge in [0.1, 0.15) is 12.3 Å². The minimum absolute atomic E-state index is 0.0622. The predicted octanol–water partition coefficient (Wildman–Crippen LogP) is 3.41. The van der Waals surface area contributed by atoms with E-state index < -0.39 is 12.1 Å². The molecule has 2 aliphatic rings. The molecule has 0 aliphatic carbocycles. The van der Waals surface area contributed by atoms with Crippen LogP contribution in [0.5, 0.6) is 0 Å². The van der Waals surface area contributed by atoms with Crippen molar-refractivity contribution in [3.63, 3.8) is 0 Å². The summed E-state index contributed by atoms with van der Waals surface area (Å²) in [5, 5.41) is 17.5. The standard InChI is InChI=1S/C29H34N4O4/c1-19-18-37-28(31-19)25-13-7-15-33(25)29(36)22-11-5-10-21(17-22)27(35)32-24(16-20-8-3-2-4-9-20)26(34)23-12-6-14-30-23/h2-5,8-11,17-18,23-26,30,34H,6-7,12-16H2,1H3,(H,32,35)/t23-,24+,25+,26+/m0/s1. The lowest BCUT2D eigenvalue weighted by Gasteiger charge is -2.29. The molecular formula is C29H34N4O4. The second kappa shape index (κ2) is 11.3. The number of aromatic nitrogens is 1. The number of nitrogens with zero attached hydrogens (tertiary/aromatic N) is 2. The number of benzene rings is 2. The van der Waals surface area contributed by atoms with Crippen molar-refractivity contribution in [2.45, 2.75) is 63.3 Å². The summed E-state index contributed by atoms with van der Waals surface area (Å²) < 4.78 is 5.59. The number of amides is 2. The zero-order valence-electron chi connectivity index (χ0n) is 21.1. The molecule has 2 amide bonds. The lowest BCUT2D eigenvalue weighted by Crippen LogP contribution is -2.52. The van der Waals surface area contributed by atoms with Crippen LogP contribution in [-0.2, 0) is 6.42 Å². The quantitative estimate of drug-likeness (QED) is 0.436. The first kappa shape index (κ1) is 25.2. The third kappa shape index (κ3) is 5.76. The summed E-state index contributed by atoms with van der Waals surface area (Å²) in [5.74, 6) is 0.0912. The first-order valence-electron chi connectivity index (χ1n) is 13.1. The minimum Gasteiger partial charge on any atom is -0.446 e. The SMILES string of the molecule is Cc1coc([C@H]2CCCN2C(=O)c2cccc(C(=O)N[C@H](Cc3ccccc3)[C@H](O)[C@@H]3CCCN3)c2)n1. The van der Waals surface area contributed by atoms with Crippen molar-refractivity contribution in [3.05, 3.63) is 89.1 Å². The molecule has 194 valence electrons. The summed E-state index contributed by atoms with van der Waals surface area (Å²) in [6.07, 6.45) is 4.91. The van der Waals surface area contributed by atoms with Gasteiger partial charge in [0, 0.05) is 23.7 Å². The van der Waals surface area contributed by atoms with E-state index in [-0.39, 0.29) is 23.9 Å². The Morgan fingerprint density at radius 2 is 1.95 bits per heavy atom. The summed E-state index contributed by atoms with van der Waals surface area (Å²) in [6, 6.07) is 15.9. The van der Waals surface area contributed by atoms with Gasteiger partial charge in [-0.1, -0.05) is 36.4 Å². The highest BCUT2D eigenvalue weighted by atomic mass is 16.3. The van der Waals surface area contributed by atoms with Gasteiger partial charge in [-0.2, -0.15) is 0 Å². The zero-order chi connectivity index (χ0) is 25.8. The molecule has 4 atom stereocenters. The van der Waals surface area contributed by atoms with Crippen molar-refractivity contribution in [1.82, 2.24) is 20.5 Å². The van der Waals surface area contributed by atoms with Crippen molar-refractivity contribution in [2.24, 2.45) is 0 Å². The molecule has 37 heavy (non-hydrogen) atoms. The summed E-state index contributed by atoms with van der Waals surface area (Å²) in [7, 11) is 0. The molecule has 0 spiro atoms. The van der Waals surface area contributed by atoms with Gasteiger partial charge in [-0.25, -0.2) is 4.98 Å². The number of nitrogens with one attached hydrogen (secondary N) is 2. The zero-order valence-corrected chi connectivity index (χ0v) is 21.1. The number of carbonyl (C=O) groups excluding carboxylic acids is 2. The maximum absolute atomic E-state index is 13.4. The molecule has 1 aromatic heterocycles. The highest BCUT2D eigenvalue weighted by Gasteiger charge is 2.34. The maximum Gasteiger partial charge on any atom is 0.254 e. The smallest absolute Gasteiger partial charge is 0.254 e. The fraction of sp³-hybridized carbons (Fsp3) is 0.414. The predicted molar refractivity (Wildman–Crippen MR) is 139 cm³/mol.